The van der Waals surface area contributed by atoms with Crippen molar-refractivity contribution in [3.63, 3.8) is 0 Å². The number of carboxylic acid groups (broad SMARTS) is 2. The van der Waals surface area contributed by atoms with Crippen LogP contribution in [0, 0.1) is 45.3 Å². The summed E-state index contributed by atoms with van der Waals surface area (Å²) in [5.74, 6) is -2.63. The van der Waals surface area contributed by atoms with Crippen LogP contribution in [0.25, 0.3) is 57.3 Å². The molecule has 9 nitrogen and oxygen atoms in total. The van der Waals surface area contributed by atoms with E-state index in [1.54, 1.807) is 48.6 Å². The second kappa shape index (κ2) is 16.3. The largest absolute Gasteiger partial charge is 0.477 e. The lowest BCUT2D eigenvalue weighted by Gasteiger charge is -2.08. The maximum absolute atomic E-state index is 11.3. The number of hydrogen-bond acceptors (Lipinski definition) is 8. The Kier molecular flexibility index (Phi) is 11.4. The van der Waals surface area contributed by atoms with Gasteiger partial charge in [0.05, 0.1) is 11.1 Å². The van der Waals surface area contributed by atoms with Gasteiger partial charge in [0.2, 0.25) is 0 Å². The summed E-state index contributed by atoms with van der Waals surface area (Å²) in [6.07, 6.45) is 10.5. The zero-order valence-electron chi connectivity index (χ0n) is 27.4. The van der Waals surface area contributed by atoms with E-state index < -0.39 is 11.9 Å². The molecule has 3 aromatic heterocycles. The van der Waals surface area contributed by atoms with Gasteiger partial charge in [-0.1, -0.05) is 38.3 Å². The van der Waals surface area contributed by atoms with E-state index >= 15 is 0 Å². The maximum Gasteiger partial charge on any atom is 0.346 e. The minimum Gasteiger partial charge on any atom is -0.477 e. The first kappa shape index (κ1) is 35.8. The summed E-state index contributed by atoms with van der Waals surface area (Å²) in [6, 6.07) is 26.8. The van der Waals surface area contributed by atoms with Gasteiger partial charge < -0.3 is 14.8 Å². The lowest BCUT2D eigenvalue weighted by molar-refractivity contribution is -0.133. The normalized spacial score (nSPS) is 12.3. The first-order valence-corrected chi connectivity index (χ1v) is 17.5. The Labute approximate surface area is 302 Å². The van der Waals surface area contributed by atoms with E-state index in [2.05, 4.69) is 23.6 Å². The minimum absolute atomic E-state index is 0.388. The Bertz CT molecular complexity index is 2310. The fraction of sp³-hybridized carbons (Fsp3) is 0.150. The first-order valence-electron chi connectivity index (χ1n) is 15.9. The predicted octanol–water partition coefficient (Wildman–Crippen LogP) is 9.61. The van der Waals surface area contributed by atoms with Crippen LogP contribution in [0.4, 0.5) is 0 Å². The summed E-state index contributed by atoms with van der Waals surface area (Å²) in [5, 5.41) is 58.7. The molecule has 0 unspecified atom stereocenters. The Balaban J connectivity index is 1.57. The molecule has 0 fully saturated rings. The number of allylic oxidation sites excluding steroid dienone is 2. The molecule has 250 valence electrons. The molecule has 0 saturated carbocycles. The van der Waals surface area contributed by atoms with Crippen LogP contribution < -0.4 is 0 Å². The molecule has 0 aliphatic carbocycles. The van der Waals surface area contributed by atoms with Crippen LogP contribution in [0.15, 0.2) is 71.8 Å². The number of unbranched alkanes of at least 4 members (excludes halogenated alkanes) is 3. The van der Waals surface area contributed by atoms with Crippen LogP contribution in [-0.4, -0.2) is 26.7 Å². The van der Waals surface area contributed by atoms with Crippen molar-refractivity contribution in [3.8, 4) is 24.3 Å². The van der Waals surface area contributed by atoms with Crippen LogP contribution in [0.5, 0.6) is 0 Å². The van der Waals surface area contributed by atoms with Gasteiger partial charge in [-0.3, -0.25) is 0 Å². The van der Waals surface area contributed by atoms with E-state index in [1.165, 1.54) is 34.8 Å². The molecule has 3 heterocycles. The smallest absolute Gasteiger partial charge is 0.346 e. The van der Waals surface area contributed by atoms with Crippen LogP contribution in [-0.2, 0) is 16.1 Å². The monoisotopic (exact) mass is 707 g/mol. The highest BCUT2D eigenvalue weighted by atomic mass is 32.1. The van der Waals surface area contributed by atoms with Gasteiger partial charge >= 0.3 is 11.9 Å². The summed E-state index contributed by atoms with van der Waals surface area (Å²) >= 11 is 2.45. The lowest BCUT2D eigenvalue weighted by Crippen LogP contribution is -1.97. The van der Waals surface area contributed by atoms with E-state index in [9.17, 15) is 30.3 Å². The molecule has 0 aliphatic heterocycles. The molecule has 0 saturated heterocycles. The molecule has 5 rings (SSSR count). The van der Waals surface area contributed by atoms with Gasteiger partial charge in [-0.15, -0.1) is 22.7 Å². The number of carbonyl (C=O) groups is 2. The lowest BCUT2D eigenvalue weighted by atomic mass is 10.0. The van der Waals surface area contributed by atoms with E-state index in [4.69, 9.17) is 10.5 Å². The van der Waals surface area contributed by atoms with Crippen molar-refractivity contribution in [2.24, 2.45) is 0 Å². The third-order valence-electron chi connectivity index (χ3n) is 8.07. The SMILES string of the molecule is CCCCCCn1c2ccc(/C=C(\C#N)c3ccc(/C=C(\C#N)C(=O)O)s3)cc2c2cc(/C=C(\C#N)c3ccc(/C=C(\C#N)C(=O)O)s3)ccc21. The quantitative estimate of drug-likeness (QED) is 0.0691. The van der Waals surface area contributed by atoms with Crippen molar-refractivity contribution in [1.82, 2.24) is 4.57 Å². The van der Waals surface area contributed by atoms with Crippen molar-refractivity contribution in [2.45, 2.75) is 39.2 Å². The number of aryl methyl sites for hydroxylation is 1. The van der Waals surface area contributed by atoms with Crippen LogP contribution >= 0.6 is 22.7 Å². The Morgan fingerprint density at radius 1 is 0.647 bits per heavy atom. The molecule has 0 spiro atoms. The van der Waals surface area contributed by atoms with Crippen molar-refractivity contribution in [1.29, 1.82) is 21.0 Å². The van der Waals surface area contributed by atoms with E-state index in [0.29, 0.717) is 30.7 Å². The van der Waals surface area contributed by atoms with Crippen LogP contribution in [0.1, 0.15) is 63.2 Å². The number of carboxylic acids is 2. The highest BCUT2D eigenvalue weighted by Crippen LogP contribution is 2.35. The number of nitrogens with zero attached hydrogens (tertiary/aromatic N) is 5. The number of hydrogen-bond donors (Lipinski definition) is 2. The predicted molar refractivity (Wildman–Crippen MR) is 202 cm³/mol. The molecule has 0 amide bonds. The number of nitriles is 4. The summed E-state index contributed by atoms with van der Waals surface area (Å²) in [7, 11) is 0. The molecule has 2 aromatic carbocycles. The van der Waals surface area contributed by atoms with E-state index in [1.807, 2.05) is 36.4 Å². The Hall–Kier alpha value is -6.50. The van der Waals surface area contributed by atoms with E-state index in [0.717, 1.165) is 65.2 Å². The molecule has 0 bridgehead atoms. The molecule has 0 atom stereocenters. The molecule has 2 N–H and O–H groups in total. The van der Waals surface area contributed by atoms with Gasteiger partial charge in [-0.05, 0) is 90.4 Å². The minimum atomic E-state index is -1.31. The molecular weight excluding hydrogens is 679 g/mol. The molecule has 51 heavy (non-hydrogen) atoms. The average molecular weight is 708 g/mol. The number of aliphatic carboxylic acids is 2. The number of benzene rings is 2. The van der Waals surface area contributed by atoms with Crippen molar-refractivity contribution >= 4 is 91.9 Å². The molecule has 0 aliphatic rings. The maximum atomic E-state index is 11.3. The molecule has 5 aromatic rings. The first-order chi connectivity index (χ1) is 24.7. The molecule has 0 radical (unpaired) electrons. The zero-order valence-corrected chi connectivity index (χ0v) is 29.0. The van der Waals surface area contributed by atoms with Gasteiger partial charge in [-0.2, -0.15) is 21.0 Å². The Morgan fingerprint density at radius 2 is 1.12 bits per heavy atom. The summed E-state index contributed by atoms with van der Waals surface area (Å²) in [6.45, 7) is 3.01. The standard InChI is InChI=1S/C40H29N5O4S2/c1-2-3-4-5-14-45-35-10-6-25(15-27(21-41)37-12-8-31(50-37)19-29(23-43)39(46)47)17-33(35)34-18-26(7-11-36(34)45)16-28(22-42)38-13-9-32(51-38)20-30(24-44)40(48)49/h6-13,15-20H,2-5,14H2,1H3,(H,46,47)(H,48,49)/b27-15+,28-16+,29-19+,30-20+. The van der Waals surface area contributed by atoms with Gasteiger partial charge in [0.15, 0.2) is 0 Å². The van der Waals surface area contributed by atoms with Gasteiger partial charge in [0, 0.05) is 47.9 Å². The topological polar surface area (TPSA) is 175 Å². The highest BCUT2D eigenvalue weighted by molar-refractivity contribution is 7.14. The zero-order chi connectivity index (χ0) is 36.5. The third kappa shape index (κ3) is 8.21. The van der Waals surface area contributed by atoms with Gasteiger partial charge in [-0.25, -0.2) is 9.59 Å². The summed E-state index contributed by atoms with van der Waals surface area (Å²) < 4.78 is 2.30. The summed E-state index contributed by atoms with van der Waals surface area (Å²) in [5.41, 5.74) is 3.70. The number of thiophene rings is 2. The average Bonchev–Trinajstić information content (AvgIpc) is 3.87. The number of rotatable bonds is 13. The Morgan fingerprint density at radius 3 is 1.51 bits per heavy atom. The molecular formula is C40H29N5O4S2. The molecule has 11 heteroatoms. The second-order valence-corrected chi connectivity index (χ2v) is 13.7. The second-order valence-electron chi connectivity index (χ2n) is 11.5. The van der Waals surface area contributed by atoms with E-state index in [-0.39, 0.29) is 11.1 Å². The third-order valence-corrected chi connectivity index (χ3v) is 10.2. The summed E-state index contributed by atoms with van der Waals surface area (Å²) in [4.78, 5) is 24.9. The van der Waals surface area contributed by atoms with Crippen molar-refractivity contribution < 1.29 is 19.8 Å². The van der Waals surface area contributed by atoms with Gasteiger partial charge in [0.25, 0.3) is 0 Å². The van der Waals surface area contributed by atoms with Crippen LogP contribution in [0.3, 0.4) is 0 Å². The van der Waals surface area contributed by atoms with Crippen molar-refractivity contribution in [3.05, 3.63) is 102 Å². The van der Waals surface area contributed by atoms with Crippen LogP contribution in [0.2, 0.25) is 0 Å². The fourth-order valence-corrected chi connectivity index (χ4v) is 7.46. The fourth-order valence-electron chi connectivity index (χ4n) is 5.63. The van der Waals surface area contributed by atoms with Crippen molar-refractivity contribution in [2.75, 3.05) is 0 Å². The number of aromatic nitrogens is 1. The number of fused-ring (bicyclic) bond motifs is 3. The highest BCUT2D eigenvalue weighted by Gasteiger charge is 2.15. The van der Waals surface area contributed by atoms with Gasteiger partial charge in [0.1, 0.15) is 35.4 Å².